The van der Waals surface area contributed by atoms with Gasteiger partial charge in [-0.25, -0.2) is 0 Å². The first-order valence-electron chi connectivity index (χ1n) is 8.36. The van der Waals surface area contributed by atoms with E-state index in [-0.39, 0.29) is 0 Å². The van der Waals surface area contributed by atoms with E-state index < -0.39 is 0 Å². The molecule has 0 radical (unpaired) electrons. The van der Waals surface area contributed by atoms with Gasteiger partial charge in [0.1, 0.15) is 0 Å². The summed E-state index contributed by atoms with van der Waals surface area (Å²) in [6.07, 6.45) is 6.40. The molecule has 2 aliphatic heterocycles. The molecule has 0 aromatic heterocycles. The highest BCUT2D eigenvalue weighted by Crippen LogP contribution is 2.31. The molecule has 2 atom stereocenters. The smallest absolute Gasteiger partial charge is 0.227 e. The van der Waals surface area contributed by atoms with Gasteiger partial charge in [-0.2, -0.15) is 0 Å². The minimum Gasteiger partial charge on any atom is -0.316 e. The molecule has 0 bridgehead atoms. The van der Waals surface area contributed by atoms with Gasteiger partial charge in [-0.15, -0.1) is 0 Å². The second kappa shape index (κ2) is 6.61. The molecule has 0 aliphatic carbocycles. The lowest BCUT2D eigenvalue weighted by atomic mass is 9.93. The SMILES string of the molecule is CC1CCc2ccccc2N1C(=O)CCC1CCCNC1. The zero-order valence-electron chi connectivity index (χ0n) is 13.0. The van der Waals surface area contributed by atoms with Crippen molar-refractivity contribution in [1.29, 1.82) is 0 Å². The number of nitrogens with one attached hydrogen (secondary N) is 1. The van der Waals surface area contributed by atoms with E-state index in [1.165, 1.54) is 18.4 Å². The van der Waals surface area contributed by atoms with E-state index in [4.69, 9.17) is 0 Å². The maximum Gasteiger partial charge on any atom is 0.227 e. The number of aryl methyl sites for hydroxylation is 1. The molecule has 1 aromatic rings. The fourth-order valence-electron chi connectivity index (χ4n) is 3.69. The topological polar surface area (TPSA) is 32.3 Å². The number of nitrogens with zero attached hydrogens (tertiary/aromatic N) is 1. The number of hydrogen-bond acceptors (Lipinski definition) is 2. The van der Waals surface area contributed by atoms with Gasteiger partial charge in [0.25, 0.3) is 0 Å². The number of carbonyl (C=O) groups is 1. The van der Waals surface area contributed by atoms with Crippen LogP contribution in [0.5, 0.6) is 0 Å². The monoisotopic (exact) mass is 286 g/mol. The van der Waals surface area contributed by atoms with E-state index in [9.17, 15) is 4.79 Å². The molecular formula is C18H26N2O. The number of amides is 1. The Morgan fingerprint density at radius 3 is 3.00 bits per heavy atom. The van der Waals surface area contributed by atoms with Gasteiger partial charge in [-0.05, 0) is 69.7 Å². The van der Waals surface area contributed by atoms with Gasteiger partial charge in [-0.3, -0.25) is 4.79 Å². The van der Waals surface area contributed by atoms with Crippen LogP contribution >= 0.6 is 0 Å². The summed E-state index contributed by atoms with van der Waals surface area (Å²) in [4.78, 5) is 14.8. The minimum atomic E-state index is 0.306. The predicted octanol–water partition coefficient (Wildman–Crippen LogP) is 3.13. The third-order valence-electron chi connectivity index (χ3n) is 4.96. The number of hydrogen-bond donors (Lipinski definition) is 1. The molecule has 2 heterocycles. The Bertz CT molecular complexity index is 494. The van der Waals surface area contributed by atoms with Gasteiger partial charge in [0.05, 0.1) is 0 Å². The van der Waals surface area contributed by atoms with Gasteiger partial charge in [0.15, 0.2) is 0 Å². The van der Waals surface area contributed by atoms with Crippen LogP contribution in [0.1, 0.15) is 44.6 Å². The highest BCUT2D eigenvalue weighted by molar-refractivity contribution is 5.95. The number of carbonyl (C=O) groups excluding carboxylic acids is 1. The molecule has 1 aromatic carbocycles. The summed E-state index contributed by atoms with van der Waals surface area (Å²) in [5, 5.41) is 3.44. The van der Waals surface area contributed by atoms with Gasteiger partial charge in [0.2, 0.25) is 5.91 Å². The van der Waals surface area contributed by atoms with Gasteiger partial charge < -0.3 is 10.2 Å². The molecule has 1 fully saturated rings. The molecule has 1 saturated heterocycles. The van der Waals surface area contributed by atoms with Gasteiger partial charge in [0, 0.05) is 18.2 Å². The molecule has 114 valence electrons. The largest absolute Gasteiger partial charge is 0.316 e. The molecule has 0 spiro atoms. The van der Waals surface area contributed by atoms with E-state index in [0.29, 0.717) is 24.3 Å². The van der Waals surface area contributed by atoms with E-state index in [1.54, 1.807) is 0 Å². The number of fused-ring (bicyclic) bond motifs is 1. The van der Waals surface area contributed by atoms with E-state index >= 15 is 0 Å². The fraction of sp³-hybridized carbons (Fsp3) is 0.611. The van der Waals surface area contributed by atoms with Crippen molar-refractivity contribution in [1.82, 2.24) is 5.32 Å². The quantitative estimate of drug-likeness (QED) is 0.926. The molecule has 1 amide bonds. The second-order valence-electron chi connectivity index (χ2n) is 6.53. The summed E-state index contributed by atoms with van der Waals surface area (Å²) >= 11 is 0. The maximum absolute atomic E-state index is 12.7. The molecule has 2 unspecified atom stereocenters. The highest BCUT2D eigenvalue weighted by atomic mass is 16.2. The third kappa shape index (κ3) is 3.29. The number of anilines is 1. The zero-order chi connectivity index (χ0) is 14.7. The molecule has 0 saturated carbocycles. The summed E-state index contributed by atoms with van der Waals surface area (Å²) in [5.41, 5.74) is 2.46. The normalized spacial score (nSPS) is 25.5. The van der Waals surface area contributed by atoms with Crippen LogP contribution in [0.4, 0.5) is 5.69 Å². The van der Waals surface area contributed by atoms with Crippen LogP contribution in [0, 0.1) is 5.92 Å². The molecule has 2 aliphatic rings. The van der Waals surface area contributed by atoms with Crippen LogP contribution in [-0.2, 0) is 11.2 Å². The number of benzene rings is 1. The first-order valence-corrected chi connectivity index (χ1v) is 8.36. The molecule has 3 heteroatoms. The van der Waals surface area contributed by atoms with Crippen molar-refractivity contribution in [3.8, 4) is 0 Å². The maximum atomic E-state index is 12.7. The first kappa shape index (κ1) is 14.6. The second-order valence-corrected chi connectivity index (χ2v) is 6.53. The van der Waals surface area contributed by atoms with Crippen molar-refractivity contribution in [3.63, 3.8) is 0 Å². The van der Waals surface area contributed by atoms with Crippen molar-refractivity contribution in [2.45, 2.75) is 51.5 Å². The Kier molecular flexibility index (Phi) is 4.59. The van der Waals surface area contributed by atoms with Crippen LogP contribution < -0.4 is 10.2 Å². The summed E-state index contributed by atoms with van der Waals surface area (Å²) in [7, 11) is 0. The Hall–Kier alpha value is -1.35. The van der Waals surface area contributed by atoms with Crippen LogP contribution in [0.15, 0.2) is 24.3 Å². The van der Waals surface area contributed by atoms with Crippen LogP contribution in [0.3, 0.4) is 0 Å². The van der Waals surface area contributed by atoms with E-state index in [2.05, 4.69) is 35.3 Å². The van der Waals surface area contributed by atoms with Gasteiger partial charge in [-0.1, -0.05) is 18.2 Å². The third-order valence-corrected chi connectivity index (χ3v) is 4.96. The van der Waals surface area contributed by atoms with Crippen molar-refractivity contribution in [2.24, 2.45) is 5.92 Å². The summed E-state index contributed by atoms with van der Waals surface area (Å²) in [6.45, 7) is 4.40. The Morgan fingerprint density at radius 2 is 2.19 bits per heavy atom. The fourth-order valence-corrected chi connectivity index (χ4v) is 3.69. The van der Waals surface area contributed by atoms with Crippen LogP contribution in [-0.4, -0.2) is 25.0 Å². The average Bonchev–Trinajstić information content (AvgIpc) is 2.53. The van der Waals surface area contributed by atoms with Crippen LogP contribution in [0.2, 0.25) is 0 Å². The molecule has 3 rings (SSSR count). The Balaban J connectivity index is 1.66. The molecule has 21 heavy (non-hydrogen) atoms. The van der Waals surface area contributed by atoms with Crippen molar-refractivity contribution in [2.75, 3.05) is 18.0 Å². The zero-order valence-corrected chi connectivity index (χ0v) is 13.0. The lowest BCUT2D eigenvalue weighted by Crippen LogP contribution is -2.42. The lowest BCUT2D eigenvalue weighted by molar-refractivity contribution is -0.119. The van der Waals surface area contributed by atoms with Crippen molar-refractivity contribution in [3.05, 3.63) is 29.8 Å². The minimum absolute atomic E-state index is 0.306. The molecular weight excluding hydrogens is 260 g/mol. The lowest BCUT2D eigenvalue weighted by Gasteiger charge is -2.36. The summed E-state index contributed by atoms with van der Waals surface area (Å²) in [5.74, 6) is 0.985. The standard InChI is InChI=1S/C18H26N2O/c1-14-8-10-16-6-2-3-7-17(16)20(14)18(21)11-9-15-5-4-12-19-13-15/h2-3,6-7,14-15,19H,4-5,8-13H2,1H3. The predicted molar refractivity (Wildman–Crippen MR) is 86.5 cm³/mol. The molecule has 3 nitrogen and oxygen atoms in total. The summed E-state index contributed by atoms with van der Waals surface area (Å²) in [6, 6.07) is 8.71. The van der Waals surface area contributed by atoms with E-state index in [0.717, 1.165) is 38.0 Å². The van der Waals surface area contributed by atoms with Crippen molar-refractivity contribution >= 4 is 11.6 Å². The van der Waals surface area contributed by atoms with Gasteiger partial charge >= 0.3 is 0 Å². The first-order chi connectivity index (χ1) is 10.3. The van der Waals surface area contributed by atoms with E-state index in [1.807, 2.05) is 6.07 Å². The highest BCUT2D eigenvalue weighted by Gasteiger charge is 2.28. The van der Waals surface area contributed by atoms with Crippen LogP contribution in [0.25, 0.3) is 0 Å². The van der Waals surface area contributed by atoms with Crippen molar-refractivity contribution < 1.29 is 4.79 Å². The average molecular weight is 286 g/mol. The molecule has 1 N–H and O–H groups in total. The number of piperidine rings is 1. The number of rotatable bonds is 3. The Morgan fingerprint density at radius 1 is 1.33 bits per heavy atom. The number of para-hydroxylation sites is 1. The Labute approximate surface area is 127 Å². The summed E-state index contributed by atoms with van der Waals surface area (Å²) < 4.78 is 0.